The maximum Gasteiger partial charge on any atom is 0.160 e. The molecule has 1 heterocycles. The van der Waals surface area contributed by atoms with Gasteiger partial charge >= 0.3 is 0 Å². The van der Waals surface area contributed by atoms with Gasteiger partial charge in [-0.2, -0.15) is 0 Å². The van der Waals surface area contributed by atoms with E-state index in [4.69, 9.17) is 4.84 Å². The fourth-order valence-electron chi connectivity index (χ4n) is 3.73. The van der Waals surface area contributed by atoms with E-state index in [0.717, 1.165) is 5.71 Å². The summed E-state index contributed by atoms with van der Waals surface area (Å²) in [7, 11) is 0. The second-order valence-electron chi connectivity index (χ2n) is 7.16. The van der Waals surface area contributed by atoms with Crippen LogP contribution < -0.4 is 0 Å². The van der Waals surface area contributed by atoms with Gasteiger partial charge in [-0.15, -0.1) is 0 Å². The Labute approximate surface area is 131 Å². The van der Waals surface area contributed by atoms with Crippen LogP contribution in [0.15, 0.2) is 58.8 Å². The fourth-order valence-corrected chi connectivity index (χ4v) is 3.73. The highest BCUT2D eigenvalue weighted by Gasteiger charge is 2.48. The molecule has 0 N–H and O–H groups in total. The average molecular weight is 291 g/mol. The van der Waals surface area contributed by atoms with Crippen molar-refractivity contribution in [3.05, 3.63) is 64.8 Å². The topological polar surface area (TPSA) is 21.6 Å². The number of rotatable bonds is 1. The summed E-state index contributed by atoms with van der Waals surface area (Å²) in [6.45, 7) is 8.72. The van der Waals surface area contributed by atoms with Crippen molar-refractivity contribution >= 4 is 11.3 Å². The van der Waals surface area contributed by atoms with Crippen LogP contribution >= 0.6 is 0 Å². The summed E-state index contributed by atoms with van der Waals surface area (Å²) in [5, 5.41) is 4.44. The SMILES string of the molecule is CC1=CC=C2C(c3ccc(C)cc3)=CC(C)(C)C3=NO[C@H]1[C@H]23. The van der Waals surface area contributed by atoms with Crippen molar-refractivity contribution in [3.8, 4) is 0 Å². The van der Waals surface area contributed by atoms with Crippen LogP contribution in [0, 0.1) is 18.3 Å². The summed E-state index contributed by atoms with van der Waals surface area (Å²) in [5.41, 5.74) is 7.58. The maximum atomic E-state index is 5.77. The summed E-state index contributed by atoms with van der Waals surface area (Å²) >= 11 is 0. The van der Waals surface area contributed by atoms with E-state index in [1.54, 1.807) is 0 Å². The van der Waals surface area contributed by atoms with Gasteiger partial charge in [0, 0.05) is 5.41 Å². The van der Waals surface area contributed by atoms with E-state index in [9.17, 15) is 0 Å². The second-order valence-corrected chi connectivity index (χ2v) is 7.16. The van der Waals surface area contributed by atoms with E-state index in [-0.39, 0.29) is 17.4 Å². The van der Waals surface area contributed by atoms with Crippen LogP contribution in [0.2, 0.25) is 0 Å². The smallest absolute Gasteiger partial charge is 0.160 e. The third-order valence-corrected chi connectivity index (χ3v) is 5.01. The highest BCUT2D eigenvalue weighted by molar-refractivity contribution is 6.05. The summed E-state index contributed by atoms with van der Waals surface area (Å²) in [6.07, 6.45) is 6.85. The standard InChI is InChI=1S/C20H21NO/c1-12-5-8-14(9-6-12)16-11-20(3,4)19-17-15(16)10-7-13(2)18(17)22-21-19/h5-11,17-18H,1-4H3/t17-,18+/m0/s1. The zero-order valence-corrected chi connectivity index (χ0v) is 13.6. The van der Waals surface area contributed by atoms with Gasteiger partial charge in [-0.1, -0.05) is 67.1 Å². The zero-order chi connectivity index (χ0) is 15.5. The first-order valence-electron chi connectivity index (χ1n) is 7.90. The number of hydrogen-bond acceptors (Lipinski definition) is 2. The molecule has 0 spiro atoms. The van der Waals surface area contributed by atoms with Crippen molar-refractivity contribution in [1.29, 1.82) is 0 Å². The molecule has 2 heteroatoms. The lowest BCUT2D eigenvalue weighted by Crippen LogP contribution is -2.39. The molecule has 0 saturated carbocycles. The molecule has 0 aromatic heterocycles. The minimum Gasteiger partial charge on any atom is -0.387 e. The van der Waals surface area contributed by atoms with Gasteiger partial charge in [0.2, 0.25) is 0 Å². The molecule has 1 aromatic rings. The van der Waals surface area contributed by atoms with Crippen molar-refractivity contribution in [2.24, 2.45) is 16.5 Å². The van der Waals surface area contributed by atoms with Crippen LogP contribution in [0.1, 0.15) is 31.9 Å². The van der Waals surface area contributed by atoms with E-state index >= 15 is 0 Å². The van der Waals surface area contributed by atoms with E-state index in [1.165, 1.54) is 27.8 Å². The highest BCUT2D eigenvalue weighted by atomic mass is 16.6. The van der Waals surface area contributed by atoms with Crippen LogP contribution in [0.25, 0.3) is 5.57 Å². The molecule has 4 rings (SSSR count). The van der Waals surface area contributed by atoms with Gasteiger partial charge in [-0.3, -0.25) is 0 Å². The molecule has 2 atom stereocenters. The fraction of sp³-hybridized carbons (Fsp3) is 0.350. The molecule has 22 heavy (non-hydrogen) atoms. The highest BCUT2D eigenvalue weighted by Crippen LogP contribution is 2.49. The molecular weight excluding hydrogens is 270 g/mol. The van der Waals surface area contributed by atoms with Crippen LogP contribution in [0.3, 0.4) is 0 Å². The van der Waals surface area contributed by atoms with Gasteiger partial charge in [0.1, 0.15) is 0 Å². The monoisotopic (exact) mass is 291 g/mol. The Kier molecular flexibility index (Phi) is 2.75. The van der Waals surface area contributed by atoms with Gasteiger partial charge in [0.25, 0.3) is 0 Å². The molecule has 2 aliphatic carbocycles. The number of hydrogen-bond donors (Lipinski definition) is 0. The Balaban J connectivity index is 1.91. The first-order chi connectivity index (χ1) is 10.5. The molecule has 2 nitrogen and oxygen atoms in total. The van der Waals surface area contributed by atoms with Gasteiger partial charge in [-0.25, -0.2) is 0 Å². The normalized spacial score (nSPS) is 28.0. The summed E-state index contributed by atoms with van der Waals surface area (Å²) in [6, 6.07) is 8.80. The molecule has 0 saturated heterocycles. The Morgan fingerprint density at radius 1 is 1.05 bits per heavy atom. The molecule has 112 valence electrons. The number of nitrogens with zero attached hydrogens (tertiary/aromatic N) is 1. The summed E-state index contributed by atoms with van der Waals surface area (Å²) in [5.74, 6) is 0.265. The molecule has 0 bridgehead atoms. The first kappa shape index (κ1) is 13.6. The lowest BCUT2D eigenvalue weighted by atomic mass is 9.65. The molecule has 0 unspecified atom stereocenters. The van der Waals surface area contributed by atoms with Gasteiger partial charge in [0.05, 0.1) is 11.6 Å². The van der Waals surface area contributed by atoms with Crippen LogP contribution in [-0.4, -0.2) is 11.8 Å². The largest absolute Gasteiger partial charge is 0.387 e. The molecule has 1 aliphatic heterocycles. The van der Waals surface area contributed by atoms with Crippen molar-refractivity contribution in [1.82, 2.24) is 0 Å². The Morgan fingerprint density at radius 2 is 1.77 bits per heavy atom. The molecular formula is C20H21NO. The summed E-state index contributed by atoms with van der Waals surface area (Å²) in [4.78, 5) is 5.77. The van der Waals surface area contributed by atoms with Gasteiger partial charge in [0.15, 0.2) is 6.10 Å². The predicted molar refractivity (Wildman–Crippen MR) is 90.6 cm³/mol. The molecule has 0 fully saturated rings. The van der Waals surface area contributed by atoms with Gasteiger partial charge < -0.3 is 4.84 Å². The van der Waals surface area contributed by atoms with Crippen LogP contribution in [-0.2, 0) is 4.84 Å². The van der Waals surface area contributed by atoms with E-state index < -0.39 is 0 Å². The minimum absolute atomic E-state index is 0.0726. The third kappa shape index (κ3) is 1.83. The van der Waals surface area contributed by atoms with E-state index in [0.29, 0.717) is 0 Å². The van der Waals surface area contributed by atoms with Crippen molar-refractivity contribution in [2.45, 2.75) is 33.8 Å². The molecule has 3 aliphatic rings. The minimum atomic E-state index is -0.0748. The van der Waals surface area contributed by atoms with Crippen LogP contribution in [0.4, 0.5) is 0 Å². The Bertz CT molecular complexity index is 759. The maximum absolute atomic E-state index is 5.77. The molecule has 0 radical (unpaired) electrons. The average Bonchev–Trinajstić information content (AvgIpc) is 2.93. The predicted octanol–water partition coefficient (Wildman–Crippen LogP) is 4.68. The van der Waals surface area contributed by atoms with Gasteiger partial charge in [-0.05, 0) is 36.1 Å². The molecule has 0 amide bonds. The number of benzene rings is 1. The second kappa shape index (κ2) is 4.45. The van der Waals surface area contributed by atoms with Crippen molar-refractivity contribution in [3.63, 3.8) is 0 Å². The first-order valence-corrected chi connectivity index (χ1v) is 7.90. The van der Waals surface area contributed by atoms with Crippen molar-refractivity contribution < 1.29 is 4.84 Å². The van der Waals surface area contributed by atoms with Crippen molar-refractivity contribution in [2.75, 3.05) is 0 Å². The number of aryl methyl sites for hydroxylation is 1. The Hall–Kier alpha value is -2.09. The van der Waals surface area contributed by atoms with E-state index in [2.05, 4.69) is 75.3 Å². The van der Waals surface area contributed by atoms with Crippen LogP contribution in [0.5, 0.6) is 0 Å². The molecule has 1 aromatic carbocycles. The third-order valence-electron chi connectivity index (χ3n) is 5.01. The number of allylic oxidation sites excluding steroid dienone is 4. The zero-order valence-electron chi connectivity index (χ0n) is 13.6. The quantitative estimate of drug-likeness (QED) is 0.736. The Morgan fingerprint density at radius 3 is 2.50 bits per heavy atom. The van der Waals surface area contributed by atoms with E-state index in [1.807, 2.05) is 0 Å². The lowest BCUT2D eigenvalue weighted by Gasteiger charge is -2.37. The lowest BCUT2D eigenvalue weighted by molar-refractivity contribution is 0.0952. The summed E-state index contributed by atoms with van der Waals surface area (Å²) < 4.78 is 0. The number of oxime groups is 1.